The molecule has 1 atom stereocenters. The third-order valence-corrected chi connectivity index (χ3v) is 9.27. The smallest absolute Gasteiger partial charge is 0.330 e. The lowest BCUT2D eigenvalue weighted by Crippen LogP contribution is -2.41. The largest absolute Gasteiger partial charge is 0.417 e. The average molecular weight is 357 g/mol. The predicted molar refractivity (Wildman–Crippen MR) is 99.9 cm³/mol. The molecule has 0 unspecified atom stereocenters. The minimum Gasteiger partial charge on any atom is -0.417 e. The molecule has 0 bridgehead atoms. The lowest BCUT2D eigenvalue weighted by atomic mass is 10.1. The van der Waals surface area contributed by atoms with E-state index in [0.717, 1.165) is 19.4 Å². The zero-order valence-electron chi connectivity index (χ0n) is 16.0. The minimum atomic E-state index is -1.67. The van der Waals surface area contributed by atoms with Gasteiger partial charge in [-0.3, -0.25) is 14.8 Å². The van der Waals surface area contributed by atoms with E-state index >= 15 is 0 Å². The molecule has 138 valence electrons. The fourth-order valence-electron chi connectivity index (χ4n) is 2.08. The van der Waals surface area contributed by atoms with Crippen LogP contribution in [0.5, 0.6) is 0 Å². The Hall–Kier alpha value is -1.41. The van der Waals surface area contributed by atoms with Gasteiger partial charge < -0.3 is 9.74 Å². The highest BCUT2D eigenvalue weighted by atomic mass is 28.4. The van der Waals surface area contributed by atoms with Gasteiger partial charge >= 0.3 is 5.69 Å². The molecular weight excluding hydrogens is 324 g/mol. The van der Waals surface area contributed by atoms with Crippen LogP contribution in [-0.2, 0) is 11.5 Å². The maximum Gasteiger partial charge on any atom is 0.330 e. The van der Waals surface area contributed by atoms with Crippen molar-refractivity contribution in [2.24, 2.45) is 13.0 Å². The van der Waals surface area contributed by atoms with Crippen LogP contribution < -0.4 is 5.32 Å². The lowest BCUT2D eigenvalue weighted by Gasteiger charge is -2.36. The number of aromatic nitrogens is 2. The van der Waals surface area contributed by atoms with Gasteiger partial charge in [-0.25, -0.2) is 0 Å². The van der Waals surface area contributed by atoms with Gasteiger partial charge in [-0.05, 0) is 36.9 Å². The topological polar surface area (TPSA) is 82.2 Å². The maximum absolute atomic E-state index is 11.0. The van der Waals surface area contributed by atoms with E-state index in [9.17, 15) is 10.1 Å². The predicted octanol–water partition coefficient (Wildman–Crippen LogP) is 4.18. The van der Waals surface area contributed by atoms with Gasteiger partial charge in [0, 0.05) is 20.2 Å². The second kappa shape index (κ2) is 8.11. The van der Waals surface area contributed by atoms with E-state index in [1.165, 1.54) is 10.9 Å². The summed E-state index contributed by atoms with van der Waals surface area (Å²) in [6, 6.07) is 0. The van der Waals surface area contributed by atoms with E-state index in [0.29, 0.717) is 18.3 Å². The van der Waals surface area contributed by atoms with Crippen molar-refractivity contribution in [3.05, 3.63) is 16.3 Å². The highest BCUT2D eigenvalue weighted by Gasteiger charge is 2.36. The molecule has 1 aromatic heterocycles. The molecule has 0 aliphatic carbocycles. The first kappa shape index (κ1) is 20.6. The van der Waals surface area contributed by atoms with E-state index in [1.807, 2.05) is 0 Å². The molecule has 1 rings (SSSR count). The van der Waals surface area contributed by atoms with Crippen molar-refractivity contribution in [2.45, 2.75) is 58.7 Å². The summed E-state index contributed by atoms with van der Waals surface area (Å²) in [5.74, 6) is 0.737. The van der Waals surface area contributed by atoms with Crippen LogP contribution in [0.2, 0.25) is 18.1 Å². The van der Waals surface area contributed by atoms with E-state index in [1.54, 1.807) is 7.05 Å². The van der Waals surface area contributed by atoms with Crippen LogP contribution in [-0.4, -0.2) is 36.2 Å². The fourth-order valence-corrected chi connectivity index (χ4v) is 3.17. The molecule has 1 aromatic rings. The molecule has 7 nitrogen and oxygen atoms in total. The molecular formula is C16H32N4O3Si. The van der Waals surface area contributed by atoms with Crippen molar-refractivity contribution < 1.29 is 9.35 Å². The van der Waals surface area contributed by atoms with Gasteiger partial charge in [0.25, 0.3) is 0 Å². The maximum atomic E-state index is 11.0. The zero-order chi connectivity index (χ0) is 18.5. The first-order chi connectivity index (χ1) is 10.9. The molecule has 0 radical (unpaired) electrons. The number of rotatable bonds is 9. The molecule has 8 heteroatoms. The van der Waals surface area contributed by atoms with Gasteiger partial charge in [0.05, 0.1) is 4.92 Å². The van der Waals surface area contributed by atoms with Crippen molar-refractivity contribution in [3.8, 4) is 0 Å². The second-order valence-corrected chi connectivity index (χ2v) is 12.8. The number of nitrogens with one attached hydrogen (secondary N) is 1. The van der Waals surface area contributed by atoms with Crippen LogP contribution in [0.4, 0.5) is 11.5 Å². The number of hydrogen-bond acceptors (Lipinski definition) is 5. The lowest BCUT2D eigenvalue weighted by molar-refractivity contribution is -0.384. The number of nitro groups is 1. The standard InChI is InChI=1S/C16H32N4O3Si/c1-13(9-8-10-23-24(6,7)16(2,3)4)11-17-15-14(20(21)22)12-19(5)18-15/h12-13H,8-11H2,1-7H3,(H,17,18)/t13-/m1/s1. The molecule has 1 heterocycles. The van der Waals surface area contributed by atoms with Crippen LogP contribution in [0.15, 0.2) is 6.20 Å². The fraction of sp³-hybridized carbons (Fsp3) is 0.812. The summed E-state index contributed by atoms with van der Waals surface area (Å²) < 4.78 is 7.63. The zero-order valence-corrected chi connectivity index (χ0v) is 17.0. The SMILES string of the molecule is C[C@H](CCCO[Si](C)(C)C(C)(C)C)CNc1nn(C)cc1[N+](=O)[O-]. The Bertz CT molecular complexity index is 552. The summed E-state index contributed by atoms with van der Waals surface area (Å²) in [6.45, 7) is 14.8. The number of hydrogen-bond donors (Lipinski definition) is 1. The molecule has 0 spiro atoms. The number of nitrogens with zero attached hydrogens (tertiary/aromatic N) is 3. The molecule has 0 aliphatic rings. The minimum absolute atomic E-state index is 0.0194. The first-order valence-electron chi connectivity index (χ1n) is 8.50. The summed E-state index contributed by atoms with van der Waals surface area (Å²) in [6.07, 6.45) is 3.43. The van der Waals surface area contributed by atoms with Crippen molar-refractivity contribution in [3.63, 3.8) is 0 Å². The van der Waals surface area contributed by atoms with Gasteiger partial charge in [0.15, 0.2) is 8.32 Å². The Labute approximate surface area is 146 Å². The molecule has 0 saturated carbocycles. The van der Waals surface area contributed by atoms with Crippen LogP contribution in [0, 0.1) is 16.0 Å². The van der Waals surface area contributed by atoms with E-state index < -0.39 is 13.2 Å². The monoisotopic (exact) mass is 356 g/mol. The Balaban J connectivity index is 2.35. The molecule has 1 N–H and O–H groups in total. The molecule has 0 aliphatic heterocycles. The van der Waals surface area contributed by atoms with Crippen molar-refractivity contribution in [2.75, 3.05) is 18.5 Å². The average Bonchev–Trinajstić information content (AvgIpc) is 2.81. The van der Waals surface area contributed by atoms with Crippen molar-refractivity contribution in [1.82, 2.24) is 9.78 Å². The normalized spacial score (nSPS) is 13.8. The summed E-state index contributed by atoms with van der Waals surface area (Å²) in [4.78, 5) is 10.6. The Kier molecular flexibility index (Phi) is 6.97. The van der Waals surface area contributed by atoms with Crippen molar-refractivity contribution in [1.29, 1.82) is 0 Å². The summed E-state index contributed by atoms with van der Waals surface area (Å²) in [5.41, 5.74) is 0.0194. The van der Waals surface area contributed by atoms with E-state index in [2.05, 4.69) is 51.2 Å². The Morgan fingerprint density at radius 1 is 1.46 bits per heavy atom. The summed E-state index contributed by atoms with van der Waals surface area (Å²) >= 11 is 0. The molecule has 0 saturated heterocycles. The van der Waals surface area contributed by atoms with Crippen LogP contribution in [0.25, 0.3) is 0 Å². The number of anilines is 1. The molecule has 0 aromatic carbocycles. The molecule has 24 heavy (non-hydrogen) atoms. The quantitative estimate of drug-likeness (QED) is 0.311. The van der Waals surface area contributed by atoms with Crippen LogP contribution in [0.3, 0.4) is 0 Å². The molecule has 0 amide bonds. The van der Waals surface area contributed by atoms with E-state index in [4.69, 9.17) is 4.43 Å². The van der Waals surface area contributed by atoms with Gasteiger partial charge in [0.2, 0.25) is 5.82 Å². The van der Waals surface area contributed by atoms with Gasteiger partial charge in [-0.1, -0.05) is 27.7 Å². The van der Waals surface area contributed by atoms with E-state index in [-0.39, 0.29) is 10.7 Å². The highest BCUT2D eigenvalue weighted by Crippen LogP contribution is 2.36. The third kappa shape index (κ3) is 5.90. The highest BCUT2D eigenvalue weighted by molar-refractivity contribution is 6.74. The summed E-state index contributed by atoms with van der Waals surface area (Å²) in [7, 11) is 0.0117. The Morgan fingerprint density at radius 3 is 2.62 bits per heavy atom. The van der Waals surface area contributed by atoms with Crippen LogP contribution in [0.1, 0.15) is 40.5 Å². The van der Waals surface area contributed by atoms with Crippen LogP contribution >= 0.6 is 0 Å². The number of aryl methyl sites for hydroxylation is 1. The van der Waals surface area contributed by atoms with Crippen molar-refractivity contribution >= 4 is 19.8 Å². The Morgan fingerprint density at radius 2 is 2.08 bits per heavy atom. The second-order valence-electron chi connectivity index (χ2n) is 8.03. The van der Waals surface area contributed by atoms with Gasteiger partial charge in [-0.2, -0.15) is 0 Å². The third-order valence-electron chi connectivity index (χ3n) is 4.73. The van der Waals surface area contributed by atoms with Gasteiger partial charge in [0.1, 0.15) is 6.20 Å². The molecule has 0 fully saturated rings. The van der Waals surface area contributed by atoms with Gasteiger partial charge in [-0.15, -0.1) is 5.10 Å². The summed E-state index contributed by atoms with van der Waals surface area (Å²) in [5, 5.41) is 18.4. The first-order valence-corrected chi connectivity index (χ1v) is 11.4.